The van der Waals surface area contributed by atoms with Gasteiger partial charge in [-0.1, -0.05) is 43.5 Å². The fourth-order valence-corrected chi connectivity index (χ4v) is 5.18. The fraction of sp³-hybridized carbons (Fsp3) is 0.304. The van der Waals surface area contributed by atoms with Crippen LogP contribution in [0.2, 0.25) is 0 Å². The largest absolute Gasteiger partial charge is 0.264 e. The summed E-state index contributed by atoms with van der Waals surface area (Å²) in [5, 5.41) is 4.73. The first-order valence-corrected chi connectivity index (χ1v) is 10.1. The zero-order chi connectivity index (χ0) is 18.6. The van der Waals surface area contributed by atoms with E-state index >= 15 is 0 Å². The molecule has 6 rings (SSSR count). The van der Waals surface area contributed by atoms with Crippen LogP contribution in [0.25, 0.3) is 28.3 Å². The predicted molar refractivity (Wildman–Crippen MR) is 108 cm³/mol. The Labute approximate surface area is 163 Å². The summed E-state index contributed by atoms with van der Waals surface area (Å²) in [6, 6.07) is 12.7. The summed E-state index contributed by atoms with van der Waals surface area (Å²) in [5.74, 6) is 0.716. The van der Waals surface area contributed by atoms with Gasteiger partial charge in [-0.2, -0.15) is 0 Å². The summed E-state index contributed by atoms with van der Waals surface area (Å²) >= 11 is 0. The third-order valence-electron chi connectivity index (χ3n) is 6.45. The minimum absolute atomic E-state index is 0.122. The number of hydrogen-bond donors (Lipinski definition) is 0. The zero-order valence-electron chi connectivity index (χ0n) is 15.7. The Kier molecular flexibility index (Phi) is 3.39. The molecule has 0 N–H and O–H groups in total. The second kappa shape index (κ2) is 5.96. The molecule has 1 fully saturated rings. The lowest BCUT2D eigenvalue weighted by Crippen LogP contribution is -2.36. The van der Waals surface area contributed by atoms with Crippen molar-refractivity contribution < 1.29 is 0 Å². The SMILES string of the molecule is c1cncc(-c2nc3c4c(ncn3n2)-c2ccccc2CC42CCCCC2)c1. The lowest BCUT2D eigenvalue weighted by Gasteiger charge is -2.42. The topological polar surface area (TPSA) is 56.0 Å². The summed E-state index contributed by atoms with van der Waals surface area (Å²) in [5.41, 5.74) is 7.09. The van der Waals surface area contributed by atoms with Crippen molar-refractivity contribution in [1.82, 2.24) is 24.6 Å². The number of nitrogens with zero attached hydrogens (tertiary/aromatic N) is 5. The molecule has 3 heterocycles. The molecule has 1 saturated carbocycles. The number of hydrogen-bond acceptors (Lipinski definition) is 4. The molecule has 0 radical (unpaired) electrons. The Balaban J connectivity index is 1.65. The second-order valence-electron chi connectivity index (χ2n) is 8.09. The van der Waals surface area contributed by atoms with Crippen LogP contribution in [-0.2, 0) is 11.8 Å². The molecule has 2 aliphatic rings. The Bertz CT molecular complexity index is 1170. The number of rotatable bonds is 1. The molecule has 0 aliphatic heterocycles. The maximum atomic E-state index is 4.99. The van der Waals surface area contributed by atoms with Crippen molar-refractivity contribution in [3.8, 4) is 22.6 Å². The molecule has 28 heavy (non-hydrogen) atoms. The first-order chi connectivity index (χ1) is 13.8. The normalized spacial score (nSPS) is 17.4. The Morgan fingerprint density at radius 3 is 2.71 bits per heavy atom. The van der Waals surface area contributed by atoms with Gasteiger partial charge in [-0.3, -0.25) is 4.98 Å². The maximum Gasteiger partial charge on any atom is 0.183 e. The van der Waals surface area contributed by atoms with Crippen LogP contribution >= 0.6 is 0 Å². The van der Waals surface area contributed by atoms with E-state index in [9.17, 15) is 0 Å². The van der Waals surface area contributed by atoms with Crippen molar-refractivity contribution in [3.05, 3.63) is 66.2 Å². The van der Waals surface area contributed by atoms with Gasteiger partial charge >= 0.3 is 0 Å². The van der Waals surface area contributed by atoms with Crippen molar-refractivity contribution in [3.63, 3.8) is 0 Å². The quantitative estimate of drug-likeness (QED) is 0.493. The van der Waals surface area contributed by atoms with E-state index in [1.807, 2.05) is 29.2 Å². The minimum atomic E-state index is 0.122. The molecule has 5 nitrogen and oxygen atoms in total. The molecule has 0 amide bonds. The monoisotopic (exact) mass is 367 g/mol. The number of aromatic nitrogens is 5. The highest BCUT2D eigenvalue weighted by molar-refractivity contribution is 5.78. The van der Waals surface area contributed by atoms with Crippen molar-refractivity contribution in [2.75, 3.05) is 0 Å². The van der Waals surface area contributed by atoms with E-state index in [0.29, 0.717) is 5.82 Å². The molecule has 1 spiro atoms. The van der Waals surface area contributed by atoms with E-state index in [1.165, 1.54) is 48.8 Å². The number of fused-ring (bicyclic) bond motifs is 6. The first kappa shape index (κ1) is 15.9. The van der Waals surface area contributed by atoms with Gasteiger partial charge < -0.3 is 0 Å². The molecular formula is C23H21N5. The van der Waals surface area contributed by atoms with E-state index in [2.05, 4.69) is 29.2 Å². The summed E-state index contributed by atoms with van der Waals surface area (Å²) < 4.78 is 1.87. The Hall–Kier alpha value is -3.08. The molecule has 4 aromatic rings. The van der Waals surface area contributed by atoms with Gasteiger partial charge in [0.15, 0.2) is 11.5 Å². The number of benzene rings is 1. The molecule has 0 unspecified atom stereocenters. The Morgan fingerprint density at radius 1 is 0.964 bits per heavy atom. The van der Waals surface area contributed by atoms with Crippen LogP contribution in [0.3, 0.4) is 0 Å². The molecule has 0 bridgehead atoms. The zero-order valence-corrected chi connectivity index (χ0v) is 15.7. The average molecular weight is 367 g/mol. The smallest absolute Gasteiger partial charge is 0.183 e. The highest BCUT2D eigenvalue weighted by Gasteiger charge is 2.42. The van der Waals surface area contributed by atoms with Gasteiger partial charge in [-0.15, -0.1) is 5.10 Å². The fourth-order valence-electron chi connectivity index (χ4n) is 5.18. The van der Waals surface area contributed by atoms with E-state index in [1.54, 1.807) is 6.20 Å². The highest BCUT2D eigenvalue weighted by Crippen LogP contribution is 2.50. The molecule has 1 aromatic carbocycles. The van der Waals surface area contributed by atoms with E-state index < -0.39 is 0 Å². The van der Waals surface area contributed by atoms with Crippen LogP contribution in [0.1, 0.15) is 43.2 Å². The molecule has 5 heteroatoms. The molecule has 3 aromatic heterocycles. The van der Waals surface area contributed by atoms with Crippen molar-refractivity contribution in [2.45, 2.75) is 43.9 Å². The third-order valence-corrected chi connectivity index (χ3v) is 6.45. The molecular weight excluding hydrogens is 346 g/mol. The summed E-state index contributed by atoms with van der Waals surface area (Å²) in [6.07, 6.45) is 12.8. The molecule has 0 saturated heterocycles. The van der Waals surface area contributed by atoms with Gasteiger partial charge in [0.05, 0.1) is 5.69 Å². The summed E-state index contributed by atoms with van der Waals surface area (Å²) in [4.78, 5) is 14.1. The van der Waals surface area contributed by atoms with Crippen LogP contribution < -0.4 is 0 Å². The lowest BCUT2D eigenvalue weighted by molar-refractivity contribution is 0.288. The van der Waals surface area contributed by atoms with Gasteiger partial charge in [0, 0.05) is 34.5 Å². The molecule has 2 aliphatic carbocycles. The van der Waals surface area contributed by atoms with Crippen LogP contribution in [-0.4, -0.2) is 24.6 Å². The Morgan fingerprint density at radius 2 is 1.86 bits per heavy atom. The lowest BCUT2D eigenvalue weighted by atomic mass is 9.62. The van der Waals surface area contributed by atoms with Crippen molar-refractivity contribution in [2.24, 2.45) is 0 Å². The van der Waals surface area contributed by atoms with Crippen molar-refractivity contribution >= 4 is 5.65 Å². The van der Waals surface area contributed by atoms with Gasteiger partial charge in [0.25, 0.3) is 0 Å². The summed E-state index contributed by atoms with van der Waals surface area (Å²) in [7, 11) is 0. The maximum absolute atomic E-state index is 4.99. The van der Waals surface area contributed by atoms with Gasteiger partial charge in [0.2, 0.25) is 0 Å². The predicted octanol–water partition coefficient (Wildman–Crippen LogP) is 4.61. The molecule has 138 valence electrons. The van der Waals surface area contributed by atoms with Crippen LogP contribution in [0.5, 0.6) is 0 Å². The van der Waals surface area contributed by atoms with E-state index in [4.69, 9.17) is 15.1 Å². The second-order valence-corrected chi connectivity index (χ2v) is 8.09. The average Bonchev–Trinajstić information content (AvgIpc) is 3.19. The highest BCUT2D eigenvalue weighted by atomic mass is 15.3. The van der Waals surface area contributed by atoms with Gasteiger partial charge in [-0.25, -0.2) is 14.5 Å². The molecule has 0 atom stereocenters. The third kappa shape index (κ3) is 2.25. The van der Waals surface area contributed by atoms with E-state index in [-0.39, 0.29) is 5.41 Å². The first-order valence-electron chi connectivity index (χ1n) is 10.1. The van der Waals surface area contributed by atoms with Crippen LogP contribution in [0, 0.1) is 0 Å². The minimum Gasteiger partial charge on any atom is -0.264 e. The van der Waals surface area contributed by atoms with Crippen LogP contribution in [0.15, 0.2) is 55.1 Å². The van der Waals surface area contributed by atoms with Crippen molar-refractivity contribution in [1.29, 1.82) is 0 Å². The van der Waals surface area contributed by atoms with Gasteiger partial charge in [0.1, 0.15) is 6.33 Å². The van der Waals surface area contributed by atoms with Crippen LogP contribution in [0.4, 0.5) is 0 Å². The summed E-state index contributed by atoms with van der Waals surface area (Å²) in [6.45, 7) is 0. The van der Waals surface area contributed by atoms with Gasteiger partial charge in [-0.05, 0) is 37.0 Å². The van der Waals surface area contributed by atoms with E-state index in [0.717, 1.165) is 23.3 Å². The number of pyridine rings is 1. The standard InChI is InChI=1S/C23H21N5/c1-4-10-23(11-5-1)13-16-7-2-3-9-18(16)20-19(23)22-26-21(27-28(22)15-25-20)17-8-6-12-24-14-17/h2-3,6-9,12,14-15H,1,4-5,10-11,13H2.